The summed E-state index contributed by atoms with van der Waals surface area (Å²) in [6, 6.07) is 8.83. The molecular formula is C14H20N2S. The summed E-state index contributed by atoms with van der Waals surface area (Å²) in [5, 5.41) is 4.53. The van der Waals surface area contributed by atoms with Crippen molar-refractivity contribution in [1.29, 1.82) is 0 Å². The summed E-state index contributed by atoms with van der Waals surface area (Å²) in [6.07, 6.45) is 0. The smallest absolute Gasteiger partial charge is 0.157 e. The molecule has 1 heterocycles. The monoisotopic (exact) mass is 248 g/mol. The molecule has 0 bridgehead atoms. The van der Waals surface area contributed by atoms with Crippen LogP contribution in [0.2, 0.25) is 0 Å². The summed E-state index contributed by atoms with van der Waals surface area (Å²) in [7, 11) is 0. The summed E-state index contributed by atoms with van der Waals surface area (Å²) >= 11 is 1.81. The molecule has 2 nitrogen and oxygen atoms in total. The second-order valence-electron chi connectivity index (χ2n) is 5.32. The SMILES string of the molecule is Cc1ccc(C(C)N=C2NC(C)(C)CS2)cc1. The first kappa shape index (κ1) is 12.5. The number of aliphatic imine (C=N–C) groups is 1. The molecule has 1 aromatic carbocycles. The van der Waals surface area contributed by atoms with Crippen LogP contribution in [-0.2, 0) is 0 Å². The predicted molar refractivity (Wildman–Crippen MR) is 76.7 cm³/mol. The van der Waals surface area contributed by atoms with Crippen LogP contribution >= 0.6 is 11.8 Å². The molecule has 0 spiro atoms. The highest BCUT2D eigenvalue weighted by Gasteiger charge is 2.27. The van der Waals surface area contributed by atoms with Crippen molar-refractivity contribution in [2.24, 2.45) is 4.99 Å². The average Bonchev–Trinajstić information content (AvgIpc) is 2.59. The van der Waals surface area contributed by atoms with Crippen LogP contribution in [0.4, 0.5) is 0 Å². The lowest BCUT2D eigenvalue weighted by Gasteiger charge is -2.16. The normalized spacial score (nSPS) is 22.5. The summed E-state index contributed by atoms with van der Waals surface area (Å²) in [6.45, 7) is 8.67. The van der Waals surface area contributed by atoms with Crippen molar-refractivity contribution in [3.63, 3.8) is 0 Å². The molecule has 1 unspecified atom stereocenters. The average molecular weight is 248 g/mol. The highest BCUT2D eigenvalue weighted by molar-refractivity contribution is 8.14. The zero-order valence-corrected chi connectivity index (χ0v) is 11.8. The van der Waals surface area contributed by atoms with Crippen LogP contribution in [0.15, 0.2) is 29.3 Å². The molecule has 92 valence electrons. The number of aryl methyl sites for hydroxylation is 1. The van der Waals surface area contributed by atoms with E-state index in [2.05, 4.69) is 57.3 Å². The van der Waals surface area contributed by atoms with E-state index < -0.39 is 0 Å². The largest absolute Gasteiger partial charge is 0.359 e. The zero-order chi connectivity index (χ0) is 12.5. The van der Waals surface area contributed by atoms with Gasteiger partial charge in [0.15, 0.2) is 5.17 Å². The molecule has 3 heteroatoms. The Balaban J connectivity index is 2.09. The second-order valence-corrected chi connectivity index (χ2v) is 6.28. The van der Waals surface area contributed by atoms with E-state index in [0.29, 0.717) is 0 Å². The van der Waals surface area contributed by atoms with Crippen molar-refractivity contribution in [2.45, 2.75) is 39.3 Å². The van der Waals surface area contributed by atoms with E-state index >= 15 is 0 Å². The molecule has 0 radical (unpaired) electrons. The first-order chi connectivity index (χ1) is 7.96. The molecule has 2 rings (SSSR count). The number of hydrogen-bond donors (Lipinski definition) is 1. The molecule has 0 amide bonds. The molecule has 1 fully saturated rings. The van der Waals surface area contributed by atoms with Crippen LogP contribution in [-0.4, -0.2) is 16.5 Å². The highest BCUT2D eigenvalue weighted by Crippen LogP contribution is 2.25. The van der Waals surface area contributed by atoms with Gasteiger partial charge in [-0.1, -0.05) is 41.6 Å². The first-order valence-electron chi connectivity index (χ1n) is 6.02. The molecule has 1 saturated heterocycles. The van der Waals surface area contributed by atoms with Gasteiger partial charge in [-0.15, -0.1) is 0 Å². The predicted octanol–water partition coefficient (Wildman–Crippen LogP) is 3.53. The third-order valence-electron chi connectivity index (χ3n) is 2.89. The molecule has 0 aliphatic carbocycles. The Hall–Kier alpha value is -0.960. The Labute approximate surface area is 108 Å². The zero-order valence-electron chi connectivity index (χ0n) is 10.9. The lowest BCUT2D eigenvalue weighted by Crippen LogP contribution is -2.37. The minimum Gasteiger partial charge on any atom is -0.359 e. The molecule has 1 aliphatic rings. The Morgan fingerprint density at radius 1 is 1.29 bits per heavy atom. The Morgan fingerprint density at radius 3 is 2.47 bits per heavy atom. The van der Waals surface area contributed by atoms with Crippen molar-refractivity contribution < 1.29 is 0 Å². The Bertz CT molecular complexity index is 420. The quantitative estimate of drug-likeness (QED) is 0.866. The van der Waals surface area contributed by atoms with E-state index in [1.807, 2.05) is 11.8 Å². The maximum atomic E-state index is 4.74. The van der Waals surface area contributed by atoms with Crippen molar-refractivity contribution in [2.75, 3.05) is 5.75 Å². The van der Waals surface area contributed by atoms with Crippen molar-refractivity contribution in [1.82, 2.24) is 5.32 Å². The molecule has 1 N–H and O–H groups in total. The molecule has 17 heavy (non-hydrogen) atoms. The van der Waals surface area contributed by atoms with Crippen molar-refractivity contribution in [3.05, 3.63) is 35.4 Å². The topological polar surface area (TPSA) is 24.4 Å². The van der Waals surface area contributed by atoms with Gasteiger partial charge in [-0.25, -0.2) is 0 Å². The minimum absolute atomic E-state index is 0.177. The van der Waals surface area contributed by atoms with Gasteiger partial charge in [0, 0.05) is 11.3 Å². The molecule has 1 aliphatic heterocycles. The standard InChI is InChI=1S/C14H20N2S/c1-10-5-7-12(8-6-10)11(2)15-13-16-14(3,4)9-17-13/h5-8,11H,9H2,1-4H3,(H,15,16). The van der Waals surface area contributed by atoms with Gasteiger partial charge in [0.1, 0.15) is 0 Å². The van der Waals surface area contributed by atoms with Gasteiger partial charge in [0.05, 0.1) is 6.04 Å². The molecule has 1 aromatic rings. The number of nitrogens with zero attached hydrogens (tertiary/aromatic N) is 1. The van der Waals surface area contributed by atoms with Gasteiger partial charge in [-0.05, 0) is 33.3 Å². The van der Waals surface area contributed by atoms with Crippen LogP contribution in [0.1, 0.15) is 37.9 Å². The summed E-state index contributed by atoms with van der Waals surface area (Å²) in [4.78, 5) is 4.74. The summed E-state index contributed by atoms with van der Waals surface area (Å²) in [5.41, 5.74) is 2.74. The van der Waals surface area contributed by atoms with Gasteiger partial charge in [0.25, 0.3) is 0 Å². The lowest BCUT2D eigenvalue weighted by molar-refractivity contribution is 0.535. The maximum absolute atomic E-state index is 4.74. The fourth-order valence-corrected chi connectivity index (χ4v) is 2.93. The van der Waals surface area contributed by atoms with Gasteiger partial charge < -0.3 is 5.32 Å². The van der Waals surface area contributed by atoms with E-state index in [1.54, 1.807) is 0 Å². The van der Waals surface area contributed by atoms with Gasteiger partial charge in [-0.3, -0.25) is 4.99 Å². The third-order valence-corrected chi connectivity index (χ3v) is 4.23. The number of rotatable bonds is 2. The highest BCUT2D eigenvalue weighted by atomic mass is 32.2. The van der Waals surface area contributed by atoms with E-state index in [-0.39, 0.29) is 11.6 Å². The summed E-state index contributed by atoms with van der Waals surface area (Å²) in [5.74, 6) is 1.09. The van der Waals surface area contributed by atoms with Crippen LogP contribution in [0.5, 0.6) is 0 Å². The molecular weight excluding hydrogens is 228 g/mol. The van der Waals surface area contributed by atoms with Crippen LogP contribution in [0.25, 0.3) is 0 Å². The maximum Gasteiger partial charge on any atom is 0.157 e. The number of benzene rings is 1. The van der Waals surface area contributed by atoms with Gasteiger partial charge >= 0.3 is 0 Å². The van der Waals surface area contributed by atoms with Crippen LogP contribution in [0, 0.1) is 6.92 Å². The van der Waals surface area contributed by atoms with Crippen molar-refractivity contribution in [3.8, 4) is 0 Å². The van der Waals surface area contributed by atoms with E-state index in [9.17, 15) is 0 Å². The third kappa shape index (κ3) is 3.25. The second kappa shape index (κ2) is 4.73. The fourth-order valence-electron chi connectivity index (χ4n) is 1.78. The van der Waals surface area contributed by atoms with E-state index in [1.165, 1.54) is 11.1 Å². The first-order valence-corrected chi connectivity index (χ1v) is 7.00. The molecule has 0 aromatic heterocycles. The van der Waals surface area contributed by atoms with Crippen LogP contribution < -0.4 is 5.32 Å². The summed E-state index contributed by atoms with van der Waals surface area (Å²) < 4.78 is 0. The number of thioether (sulfide) groups is 1. The molecule has 0 saturated carbocycles. The number of amidine groups is 1. The lowest BCUT2D eigenvalue weighted by atomic mass is 10.1. The van der Waals surface area contributed by atoms with E-state index in [0.717, 1.165) is 10.9 Å². The van der Waals surface area contributed by atoms with E-state index in [4.69, 9.17) is 4.99 Å². The van der Waals surface area contributed by atoms with Crippen molar-refractivity contribution >= 4 is 16.9 Å². The van der Waals surface area contributed by atoms with Gasteiger partial charge in [-0.2, -0.15) is 0 Å². The minimum atomic E-state index is 0.177. The fraction of sp³-hybridized carbons (Fsp3) is 0.500. The Morgan fingerprint density at radius 2 is 1.94 bits per heavy atom. The number of nitrogens with one attached hydrogen (secondary N) is 1. The van der Waals surface area contributed by atoms with Gasteiger partial charge in [0.2, 0.25) is 0 Å². The Kier molecular flexibility index (Phi) is 3.48. The molecule has 1 atom stereocenters. The van der Waals surface area contributed by atoms with Crippen LogP contribution in [0.3, 0.4) is 0 Å². The number of hydrogen-bond acceptors (Lipinski definition) is 2.